The molecule has 0 unspecified atom stereocenters. The maximum atomic E-state index is 11.8. The molecule has 4 nitrogen and oxygen atoms in total. The van der Waals surface area contributed by atoms with E-state index in [1.54, 1.807) is 23.3 Å². The predicted molar refractivity (Wildman–Crippen MR) is 53.4 cm³/mol. The lowest BCUT2D eigenvalue weighted by atomic mass is 10.3. The van der Waals surface area contributed by atoms with Crippen LogP contribution in [-0.4, -0.2) is 20.3 Å². The molecular formula is C9H9N3OS. The van der Waals surface area contributed by atoms with Crippen LogP contribution in [0.25, 0.3) is 0 Å². The summed E-state index contributed by atoms with van der Waals surface area (Å²) in [7, 11) is 0. The third-order valence-electron chi connectivity index (χ3n) is 1.92. The first kappa shape index (κ1) is 9.08. The van der Waals surface area contributed by atoms with Crippen LogP contribution in [0.5, 0.6) is 0 Å². The third kappa shape index (κ3) is 1.46. The molecule has 0 radical (unpaired) electrons. The molecule has 0 spiro atoms. The fourth-order valence-corrected chi connectivity index (χ4v) is 1.74. The highest BCUT2D eigenvalue weighted by molar-refractivity contribution is 7.07. The number of ketones is 1. The van der Waals surface area contributed by atoms with E-state index < -0.39 is 0 Å². The van der Waals surface area contributed by atoms with Crippen LogP contribution < -0.4 is 0 Å². The minimum absolute atomic E-state index is 0.113. The Bertz CT molecular complexity index is 433. The maximum Gasteiger partial charge on any atom is 0.247 e. The molecule has 0 aromatic carbocycles. The molecule has 0 saturated carbocycles. The lowest BCUT2D eigenvalue weighted by Crippen LogP contribution is -2.10. The maximum absolute atomic E-state index is 11.8. The zero-order chi connectivity index (χ0) is 9.97. The lowest BCUT2D eigenvalue weighted by Gasteiger charge is -2.00. The molecule has 0 N–H and O–H groups in total. The molecule has 0 fully saturated rings. The van der Waals surface area contributed by atoms with Crippen LogP contribution in [0.3, 0.4) is 0 Å². The first-order valence-corrected chi connectivity index (χ1v) is 5.21. The minimum atomic E-state index is -0.113. The van der Waals surface area contributed by atoms with Gasteiger partial charge in [-0.15, -0.1) is 11.3 Å². The Labute approximate surface area is 85.2 Å². The Balaban J connectivity index is 2.36. The minimum Gasteiger partial charge on any atom is -0.328 e. The quantitative estimate of drug-likeness (QED) is 0.718. The van der Waals surface area contributed by atoms with Crippen molar-refractivity contribution in [1.82, 2.24) is 14.5 Å². The molecule has 0 aliphatic rings. The van der Waals surface area contributed by atoms with E-state index in [1.165, 1.54) is 11.3 Å². The fraction of sp³-hybridized carbons (Fsp3) is 0.222. The van der Waals surface area contributed by atoms with E-state index in [1.807, 2.05) is 11.5 Å². The first-order chi connectivity index (χ1) is 6.83. The summed E-state index contributed by atoms with van der Waals surface area (Å²) in [5.41, 5.74) is 2.11. The molecule has 0 aliphatic carbocycles. The lowest BCUT2D eigenvalue weighted by molar-refractivity contribution is 0.102. The van der Waals surface area contributed by atoms with Gasteiger partial charge in [0.15, 0.2) is 5.82 Å². The summed E-state index contributed by atoms with van der Waals surface area (Å²) in [4.78, 5) is 19.8. The number of aromatic nitrogens is 3. The van der Waals surface area contributed by atoms with Crippen molar-refractivity contribution in [2.75, 3.05) is 0 Å². The molecule has 0 bridgehead atoms. The van der Waals surface area contributed by atoms with Crippen LogP contribution in [-0.2, 0) is 6.54 Å². The van der Waals surface area contributed by atoms with E-state index in [-0.39, 0.29) is 5.78 Å². The zero-order valence-electron chi connectivity index (χ0n) is 7.67. The van der Waals surface area contributed by atoms with Gasteiger partial charge in [-0.2, -0.15) is 0 Å². The van der Waals surface area contributed by atoms with Gasteiger partial charge in [0.1, 0.15) is 5.69 Å². The van der Waals surface area contributed by atoms with Crippen molar-refractivity contribution in [3.8, 4) is 0 Å². The summed E-state index contributed by atoms with van der Waals surface area (Å²) < 4.78 is 1.81. The fourth-order valence-electron chi connectivity index (χ4n) is 1.21. The number of hydrogen-bond donors (Lipinski definition) is 0. The highest BCUT2D eigenvalue weighted by atomic mass is 32.1. The van der Waals surface area contributed by atoms with E-state index in [0.717, 1.165) is 6.54 Å². The Hall–Kier alpha value is -1.49. The second-order valence-electron chi connectivity index (χ2n) is 2.74. The van der Waals surface area contributed by atoms with Crippen molar-refractivity contribution in [3.05, 3.63) is 34.8 Å². The predicted octanol–water partition coefficient (Wildman–Crippen LogP) is 1.59. The van der Waals surface area contributed by atoms with Gasteiger partial charge in [-0.3, -0.25) is 4.79 Å². The Morgan fingerprint density at radius 3 is 3.07 bits per heavy atom. The van der Waals surface area contributed by atoms with Gasteiger partial charge in [0, 0.05) is 24.3 Å². The molecule has 2 aromatic heterocycles. The summed E-state index contributed by atoms with van der Waals surface area (Å²) in [5.74, 6) is 0.344. The summed E-state index contributed by atoms with van der Waals surface area (Å²) >= 11 is 1.41. The van der Waals surface area contributed by atoms with Crippen LogP contribution in [0.15, 0.2) is 23.3 Å². The topological polar surface area (TPSA) is 47.8 Å². The molecule has 2 rings (SSSR count). The van der Waals surface area contributed by atoms with Crippen LogP contribution >= 0.6 is 11.3 Å². The van der Waals surface area contributed by atoms with Crippen LogP contribution in [0, 0.1) is 0 Å². The number of carbonyl (C=O) groups is 1. The summed E-state index contributed by atoms with van der Waals surface area (Å²) in [6.45, 7) is 2.71. The number of thiazole rings is 1. The van der Waals surface area contributed by atoms with Gasteiger partial charge >= 0.3 is 0 Å². The molecule has 0 amide bonds. The van der Waals surface area contributed by atoms with Gasteiger partial charge in [0.2, 0.25) is 5.78 Å². The standard InChI is InChI=1S/C9H9N3OS/c1-2-12-4-3-10-9(12)8(13)7-5-14-6-11-7/h3-6H,2H2,1H3. The molecule has 2 aromatic rings. The van der Waals surface area contributed by atoms with Crippen LogP contribution in [0.1, 0.15) is 23.2 Å². The van der Waals surface area contributed by atoms with Gasteiger partial charge in [0.05, 0.1) is 5.51 Å². The highest BCUT2D eigenvalue weighted by Gasteiger charge is 2.15. The zero-order valence-corrected chi connectivity index (χ0v) is 8.49. The molecule has 14 heavy (non-hydrogen) atoms. The van der Waals surface area contributed by atoms with Crippen molar-refractivity contribution in [1.29, 1.82) is 0 Å². The number of rotatable bonds is 3. The van der Waals surface area contributed by atoms with Crippen molar-refractivity contribution < 1.29 is 4.79 Å². The molecule has 0 aliphatic heterocycles. The number of imidazole rings is 1. The van der Waals surface area contributed by atoms with E-state index in [2.05, 4.69) is 9.97 Å². The van der Waals surface area contributed by atoms with Gasteiger partial charge in [0.25, 0.3) is 0 Å². The van der Waals surface area contributed by atoms with Crippen molar-refractivity contribution in [2.45, 2.75) is 13.5 Å². The van der Waals surface area contributed by atoms with Crippen molar-refractivity contribution in [3.63, 3.8) is 0 Å². The van der Waals surface area contributed by atoms with E-state index in [4.69, 9.17) is 0 Å². The molecule has 0 saturated heterocycles. The first-order valence-electron chi connectivity index (χ1n) is 4.27. The second-order valence-corrected chi connectivity index (χ2v) is 3.46. The molecule has 0 atom stereocenters. The smallest absolute Gasteiger partial charge is 0.247 e. The largest absolute Gasteiger partial charge is 0.328 e. The van der Waals surface area contributed by atoms with Gasteiger partial charge in [-0.1, -0.05) is 0 Å². The normalized spacial score (nSPS) is 10.4. The number of aryl methyl sites for hydroxylation is 1. The van der Waals surface area contributed by atoms with Crippen LogP contribution in [0.2, 0.25) is 0 Å². The number of carbonyl (C=O) groups excluding carboxylic acids is 1. The Morgan fingerprint density at radius 2 is 2.43 bits per heavy atom. The molecule has 5 heteroatoms. The summed E-state index contributed by atoms with van der Waals surface area (Å²) in [6, 6.07) is 0. The van der Waals surface area contributed by atoms with E-state index >= 15 is 0 Å². The molecule has 72 valence electrons. The summed E-state index contributed by atoms with van der Waals surface area (Å²) in [5, 5.41) is 1.73. The Kier molecular flexibility index (Phi) is 2.41. The molecule has 2 heterocycles. The molecular weight excluding hydrogens is 198 g/mol. The monoisotopic (exact) mass is 207 g/mol. The van der Waals surface area contributed by atoms with E-state index in [0.29, 0.717) is 11.5 Å². The highest BCUT2D eigenvalue weighted by Crippen LogP contribution is 2.08. The van der Waals surface area contributed by atoms with Gasteiger partial charge < -0.3 is 4.57 Å². The van der Waals surface area contributed by atoms with Gasteiger partial charge in [-0.05, 0) is 6.92 Å². The number of nitrogens with zero attached hydrogens (tertiary/aromatic N) is 3. The number of hydrogen-bond acceptors (Lipinski definition) is 4. The second kappa shape index (κ2) is 3.71. The summed E-state index contributed by atoms with van der Waals surface area (Å²) in [6.07, 6.45) is 3.42. The Morgan fingerprint density at radius 1 is 1.57 bits per heavy atom. The third-order valence-corrected chi connectivity index (χ3v) is 2.51. The van der Waals surface area contributed by atoms with Crippen LogP contribution in [0.4, 0.5) is 0 Å². The van der Waals surface area contributed by atoms with Crippen molar-refractivity contribution >= 4 is 17.1 Å². The van der Waals surface area contributed by atoms with Crippen molar-refractivity contribution in [2.24, 2.45) is 0 Å². The van der Waals surface area contributed by atoms with E-state index in [9.17, 15) is 4.79 Å². The average molecular weight is 207 g/mol. The average Bonchev–Trinajstić information content (AvgIpc) is 2.87. The van der Waals surface area contributed by atoms with Gasteiger partial charge in [-0.25, -0.2) is 9.97 Å². The SMILES string of the molecule is CCn1ccnc1C(=O)c1cscn1.